The minimum Gasteiger partial charge on any atom is -0.397 e. The molecule has 2 aromatic rings. The van der Waals surface area contributed by atoms with E-state index < -0.39 is 0 Å². The van der Waals surface area contributed by atoms with Crippen LogP contribution in [0.2, 0.25) is 5.02 Å². The van der Waals surface area contributed by atoms with Crippen molar-refractivity contribution in [2.45, 2.75) is 6.42 Å². The lowest BCUT2D eigenvalue weighted by atomic mass is 10.1. The first kappa shape index (κ1) is 13.3. The summed E-state index contributed by atoms with van der Waals surface area (Å²) in [6.07, 6.45) is 0.372. The first-order valence-electron chi connectivity index (χ1n) is 5.97. The van der Waals surface area contributed by atoms with Crippen molar-refractivity contribution in [3.63, 3.8) is 0 Å². The second kappa shape index (κ2) is 5.00. The van der Waals surface area contributed by atoms with Gasteiger partial charge >= 0.3 is 0 Å². The van der Waals surface area contributed by atoms with E-state index in [0.717, 1.165) is 21.4 Å². The molecule has 0 aromatic heterocycles. The van der Waals surface area contributed by atoms with Crippen LogP contribution in [0.5, 0.6) is 0 Å². The molecule has 1 heterocycles. The van der Waals surface area contributed by atoms with E-state index in [0.29, 0.717) is 22.8 Å². The van der Waals surface area contributed by atoms with Crippen LogP contribution in [0.3, 0.4) is 0 Å². The van der Waals surface area contributed by atoms with Crippen molar-refractivity contribution in [3.05, 3.63) is 45.4 Å². The van der Waals surface area contributed by atoms with E-state index in [9.17, 15) is 4.79 Å². The molecule has 0 atom stereocenters. The van der Waals surface area contributed by atoms with Crippen molar-refractivity contribution < 1.29 is 4.79 Å². The van der Waals surface area contributed by atoms with Crippen LogP contribution >= 0.6 is 27.5 Å². The Bertz CT molecular complexity index is 718. The molecular formula is C14H11BrClN3O. The molecule has 0 unspecified atom stereocenters. The molecule has 1 amide bonds. The van der Waals surface area contributed by atoms with Crippen LogP contribution < -0.4 is 16.4 Å². The fraction of sp³-hybridized carbons (Fsp3) is 0.0714. The van der Waals surface area contributed by atoms with Crippen molar-refractivity contribution in [1.29, 1.82) is 0 Å². The quantitative estimate of drug-likeness (QED) is 0.718. The molecule has 0 aliphatic carbocycles. The molecular weight excluding hydrogens is 342 g/mol. The highest BCUT2D eigenvalue weighted by molar-refractivity contribution is 9.10. The molecule has 1 aliphatic heterocycles. The van der Waals surface area contributed by atoms with Crippen LogP contribution in [-0.4, -0.2) is 5.91 Å². The Morgan fingerprint density at radius 1 is 1.25 bits per heavy atom. The van der Waals surface area contributed by atoms with E-state index in [1.54, 1.807) is 6.07 Å². The summed E-state index contributed by atoms with van der Waals surface area (Å²) in [5.41, 5.74) is 9.76. The van der Waals surface area contributed by atoms with E-state index >= 15 is 0 Å². The van der Waals surface area contributed by atoms with Crippen molar-refractivity contribution in [1.82, 2.24) is 0 Å². The molecule has 0 saturated heterocycles. The number of nitrogens with two attached hydrogens (primary N) is 1. The van der Waals surface area contributed by atoms with Crippen LogP contribution in [0.1, 0.15) is 5.56 Å². The number of nitrogens with one attached hydrogen (secondary N) is 2. The zero-order valence-electron chi connectivity index (χ0n) is 10.3. The Hall–Kier alpha value is -1.72. The summed E-state index contributed by atoms with van der Waals surface area (Å²) in [6.45, 7) is 0. The third kappa shape index (κ3) is 2.46. The second-order valence-electron chi connectivity index (χ2n) is 4.57. The van der Waals surface area contributed by atoms with Gasteiger partial charge in [0.2, 0.25) is 5.91 Å². The molecule has 1 aliphatic rings. The lowest BCUT2D eigenvalue weighted by Crippen LogP contribution is -2.03. The van der Waals surface area contributed by atoms with E-state index in [-0.39, 0.29) is 5.91 Å². The van der Waals surface area contributed by atoms with Gasteiger partial charge in [-0.1, -0.05) is 27.5 Å². The number of carbonyl (C=O) groups is 1. The molecule has 0 radical (unpaired) electrons. The van der Waals surface area contributed by atoms with Gasteiger partial charge in [0, 0.05) is 10.2 Å². The number of hydrogen-bond acceptors (Lipinski definition) is 3. The van der Waals surface area contributed by atoms with Gasteiger partial charge in [0.15, 0.2) is 0 Å². The minimum absolute atomic E-state index is 0.0166. The van der Waals surface area contributed by atoms with Gasteiger partial charge in [0.1, 0.15) is 0 Å². The number of halogens is 2. The maximum atomic E-state index is 11.4. The van der Waals surface area contributed by atoms with E-state index in [1.807, 2.05) is 24.3 Å². The number of amides is 1. The zero-order valence-corrected chi connectivity index (χ0v) is 12.7. The average molecular weight is 353 g/mol. The van der Waals surface area contributed by atoms with Gasteiger partial charge in [-0.2, -0.15) is 0 Å². The Balaban J connectivity index is 1.97. The standard InChI is InChI=1S/C14H11BrClN3O/c15-8-1-2-9(16)12(5-8)18-13-6-11-7(3-10(13)17)4-14(20)19-11/h1-3,5-6,18H,4,17H2,(H,19,20). The number of nitrogen functional groups attached to an aromatic ring is 1. The van der Waals surface area contributed by atoms with Gasteiger partial charge in [-0.15, -0.1) is 0 Å². The van der Waals surface area contributed by atoms with Gasteiger partial charge in [-0.3, -0.25) is 4.79 Å². The summed E-state index contributed by atoms with van der Waals surface area (Å²) in [7, 11) is 0. The summed E-state index contributed by atoms with van der Waals surface area (Å²) in [5.74, 6) is -0.0166. The molecule has 0 bridgehead atoms. The number of anilines is 4. The Morgan fingerprint density at radius 3 is 2.85 bits per heavy atom. The van der Waals surface area contributed by atoms with Crippen LogP contribution in [0.15, 0.2) is 34.8 Å². The fourth-order valence-electron chi connectivity index (χ4n) is 2.14. The first-order valence-corrected chi connectivity index (χ1v) is 7.14. The maximum Gasteiger partial charge on any atom is 0.228 e. The largest absolute Gasteiger partial charge is 0.397 e. The molecule has 102 valence electrons. The van der Waals surface area contributed by atoms with Crippen molar-refractivity contribution in [2.75, 3.05) is 16.4 Å². The third-order valence-corrected chi connectivity index (χ3v) is 3.92. The number of hydrogen-bond donors (Lipinski definition) is 3. The molecule has 4 N–H and O–H groups in total. The van der Waals surface area contributed by atoms with Gasteiger partial charge in [0.05, 0.1) is 28.5 Å². The van der Waals surface area contributed by atoms with Gasteiger partial charge in [-0.25, -0.2) is 0 Å². The second-order valence-corrected chi connectivity index (χ2v) is 5.89. The summed E-state index contributed by atoms with van der Waals surface area (Å²) in [6, 6.07) is 9.15. The molecule has 20 heavy (non-hydrogen) atoms. The van der Waals surface area contributed by atoms with Crippen LogP contribution in [-0.2, 0) is 11.2 Å². The molecule has 0 spiro atoms. The van der Waals surface area contributed by atoms with Gasteiger partial charge in [-0.05, 0) is 35.9 Å². The third-order valence-electron chi connectivity index (χ3n) is 3.10. The average Bonchev–Trinajstić information content (AvgIpc) is 2.73. The van der Waals surface area contributed by atoms with E-state index in [1.165, 1.54) is 0 Å². The lowest BCUT2D eigenvalue weighted by molar-refractivity contribution is -0.115. The Labute approximate surface area is 129 Å². The zero-order chi connectivity index (χ0) is 14.3. The van der Waals surface area contributed by atoms with Crippen LogP contribution in [0.25, 0.3) is 0 Å². The first-order chi connectivity index (χ1) is 9.52. The fourth-order valence-corrected chi connectivity index (χ4v) is 2.67. The Kier molecular flexibility index (Phi) is 3.31. The SMILES string of the molecule is Nc1cc2c(cc1Nc1cc(Br)ccc1Cl)NC(=O)C2. The monoisotopic (exact) mass is 351 g/mol. The highest BCUT2D eigenvalue weighted by Gasteiger charge is 2.19. The molecule has 6 heteroatoms. The highest BCUT2D eigenvalue weighted by Crippen LogP contribution is 2.35. The number of benzene rings is 2. The lowest BCUT2D eigenvalue weighted by Gasteiger charge is -2.13. The topological polar surface area (TPSA) is 67.2 Å². The van der Waals surface area contributed by atoms with Crippen molar-refractivity contribution in [3.8, 4) is 0 Å². The van der Waals surface area contributed by atoms with E-state index in [2.05, 4.69) is 26.6 Å². The molecule has 4 nitrogen and oxygen atoms in total. The predicted octanol–water partition coefficient (Wildman–Crippen LogP) is 3.92. The normalized spacial score (nSPS) is 13.0. The summed E-state index contributed by atoms with van der Waals surface area (Å²) in [4.78, 5) is 11.4. The highest BCUT2D eigenvalue weighted by atomic mass is 79.9. The molecule has 0 saturated carbocycles. The van der Waals surface area contributed by atoms with Gasteiger partial charge < -0.3 is 16.4 Å². The Morgan fingerprint density at radius 2 is 2.05 bits per heavy atom. The summed E-state index contributed by atoms with van der Waals surface area (Å²) in [5, 5.41) is 6.58. The van der Waals surface area contributed by atoms with Crippen molar-refractivity contribution >= 4 is 56.2 Å². The van der Waals surface area contributed by atoms with Gasteiger partial charge in [0.25, 0.3) is 0 Å². The minimum atomic E-state index is -0.0166. The van der Waals surface area contributed by atoms with Crippen LogP contribution in [0.4, 0.5) is 22.7 Å². The molecule has 2 aromatic carbocycles. The molecule has 3 rings (SSSR count). The molecule has 0 fully saturated rings. The predicted molar refractivity (Wildman–Crippen MR) is 85.6 cm³/mol. The van der Waals surface area contributed by atoms with Crippen molar-refractivity contribution in [2.24, 2.45) is 0 Å². The number of fused-ring (bicyclic) bond motifs is 1. The number of rotatable bonds is 2. The maximum absolute atomic E-state index is 11.4. The van der Waals surface area contributed by atoms with Crippen LogP contribution in [0, 0.1) is 0 Å². The number of carbonyl (C=O) groups excluding carboxylic acids is 1. The van der Waals surface area contributed by atoms with E-state index in [4.69, 9.17) is 17.3 Å². The smallest absolute Gasteiger partial charge is 0.228 e. The summed E-state index contributed by atoms with van der Waals surface area (Å²) >= 11 is 9.54. The summed E-state index contributed by atoms with van der Waals surface area (Å²) < 4.78 is 0.914.